The van der Waals surface area contributed by atoms with E-state index >= 15 is 0 Å². The topological polar surface area (TPSA) is 81.7 Å². The number of likely N-dealkylation sites (tertiary alicyclic amines) is 1. The molecule has 3 amide bonds. The zero-order valence-corrected chi connectivity index (χ0v) is 19.3. The molecule has 0 unspecified atom stereocenters. The Labute approximate surface area is 187 Å². The molecule has 0 atom stereocenters. The van der Waals surface area contributed by atoms with E-state index in [0.717, 1.165) is 38.2 Å². The van der Waals surface area contributed by atoms with Gasteiger partial charge in [0.25, 0.3) is 0 Å². The van der Waals surface area contributed by atoms with E-state index in [9.17, 15) is 9.59 Å². The molecular formula is C20H31ClN6O2S. The predicted molar refractivity (Wildman–Crippen MR) is 120 cm³/mol. The molecule has 1 aromatic heterocycles. The molecule has 0 bridgehead atoms. The van der Waals surface area contributed by atoms with Crippen molar-refractivity contribution in [3.05, 3.63) is 11.2 Å². The lowest BCUT2D eigenvalue weighted by Crippen LogP contribution is -2.52. The molecule has 0 aromatic carbocycles. The Morgan fingerprint density at radius 3 is 2.50 bits per heavy atom. The van der Waals surface area contributed by atoms with E-state index in [-0.39, 0.29) is 11.9 Å². The van der Waals surface area contributed by atoms with Crippen molar-refractivity contribution in [1.82, 2.24) is 25.1 Å². The molecule has 30 heavy (non-hydrogen) atoms. The maximum absolute atomic E-state index is 12.5. The van der Waals surface area contributed by atoms with Gasteiger partial charge in [-0.1, -0.05) is 37.2 Å². The van der Waals surface area contributed by atoms with E-state index in [1.54, 1.807) is 6.07 Å². The summed E-state index contributed by atoms with van der Waals surface area (Å²) in [5.41, 5.74) is 0. The minimum Gasteiger partial charge on any atom is -0.353 e. The van der Waals surface area contributed by atoms with Gasteiger partial charge < -0.3 is 20.0 Å². The highest BCUT2D eigenvalue weighted by Crippen LogP contribution is 2.24. The molecule has 0 aliphatic carbocycles. The zero-order chi connectivity index (χ0) is 21.5. The Hall–Kier alpha value is -1.74. The van der Waals surface area contributed by atoms with Crippen LogP contribution in [0.1, 0.15) is 33.1 Å². The number of nitrogens with zero attached hydrogens (tertiary/aromatic N) is 5. The van der Waals surface area contributed by atoms with Gasteiger partial charge >= 0.3 is 6.03 Å². The number of carbonyl (C=O) groups excluding carboxylic acids is 2. The molecule has 3 rings (SSSR count). The van der Waals surface area contributed by atoms with Crippen LogP contribution >= 0.6 is 23.4 Å². The number of anilines is 1. The number of hydrogen-bond donors (Lipinski definition) is 1. The lowest BCUT2D eigenvalue weighted by Gasteiger charge is -2.35. The highest BCUT2D eigenvalue weighted by atomic mass is 35.5. The minimum absolute atomic E-state index is 0.0147. The molecule has 2 aliphatic heterocycles. The lowest BCUT2D eigenvalue weighted by atomic mass is 9.99. The van der Waals surface area contributed by atoms with Gasteiger partial charge in [-0.2, -0.15) is 0 Å². The Morgan fingerprint density at radius 2 is 1.83 bits per heavy atom. The Balaban J connectivity index is 1.53. The van der Waals surface area contributed by atoms with Crippen LogP contribution in [0.5, 0.6) is 0 Å². The first-order chi connectivity index (χ1) is 14.5. The molecule has 166 valence electrons. The van der Waals surface area contributed by atoms with E-state index in [1.807, 2.05) is 16.7 Å². The van der Waals surface area contributed by atoms with Crippen LogP contribution in [0.2, 0.25) is 5.15 Å². The predicted octanol–water partition coefficient (Wildman–Crippen LogP) is 2.72. The molecule has 1 aromatic rings. The fraction of sp³-hybridized carbons (Fsp3) is 0.700. The number of halogens is 1. The van der Waals surface area contributed by atoms with Gasteiger partial charge in [0.2, 0.25) is 5.91 Å². The maximum Gasteiger partial charge on any atom is 0.317 e. The molecule has 8 nitrogen and oxygen atoms in total. The van der Waals surface area contributed by atoms with Crippen LogP contribution in [-0.4, -0.2) is 83.3 Å². The fourth-order valence-electron chi connectivity index (χ4n) is 3.57. The second-order valence-electron chi connectivity index (χ2n) is 7.89. The maximum atomic E-state index is 12.5. The number of urea groups is 1. The summed E-state index contributed by atoms with van der Waals surface area (Å²) in [6.45, 7) is 9.25. The van der Waals surface area contributed by atoms with Gasteiger partial charge in [0.1, 0.15) is 11.0 Å². The molecule has 0 saturated carbocycles. The number of amides is 3. The molecule has 2 aliphatic rings. The molecule has 0 spiro atoms. The van der Waals surface area contributed by atoms with E-state index in [0.29, 0.717) is 54.7 Å². The number of thioether (sulfide) groups is 1. The largest absolute Gasteiger partial charge is 0.353 e. The van der Waals surface area contributed by atoms with Gasteiger partial charge in [-0.05, 0) is 25.2 Å². The van der Waals surface area contributed by atoms with E-state index in [1.165, 1.54) is 11.8 Å². The highest BCUT2D eigenvalue weighted by Gasteiger charge is 2.23. The summed E-state index contributed by atoms with van der Waals surface area (Å²) >= 11 is 7.56. The number of hydrogen-bond acceptors (Lipinski definition) is 6. The second kappa shape index (κ2) is 11.0. The van der Waals surface area contributed by atoms with Gasteiger partial charge in [-0.3, -0.25) is 4.79 Å². The van der Waals surface area contributed by atoms with Crippen molar-refractivity contribution in [3.8, 4) is 0 Å². The first-order valence-electron chi connectivity index (χ1n) is 10.7. The monoisotopic (exact) mass is 454 g/mol. The average molecular weight is 455 g/mol. The van der Waals surface area contributed by atoms with Gasteiger partial charge in [-0.15, -0.1) is 0 Å². The van der Waals surface area contributed by atoms with Crippen LogP contribution in [0.4, 0.5) is 10.6 Å². The molecule has 0 radical (unpaired) electrons. The number of piperidine rings is 1. The van der Waals surface area contributed by atoms with Crippen LogP contribution < -0.4 is 10.2 Å². The van der Waals surface area contributed by atoms with Crippen molar-refractivity contribution < 1.29 is 9.59 Å². The molecule has 1 N–H and O–H groups in total. The van der Waals surface area contributed by atoms with Crippen molar-refractivity contribution >= 4 is 41.1 Å². The van der Waals surface area contributed by atoms with E-state index in [4.69, 9.17) is 11.6 Å². The number of carbonyl (C=O) groups is 2. The van der Waals surface area contributed by atoms with Crippen LogP contribution in [0.25, 0.3) is 0 Å². The smallest absolute Gasteiger partial charge is 0.317 e. The molecule has 10 heteroatoms. The Bertz CT molecular complexity index is 736. The van der Waals surface area contributed by atoms with E-state index in [2.05, 4.69) is 27.1 Å². The van der Waals surface area contributed by atoms with Crippen molar-refractivity contribution in [1.29, 1.82) is 0 Å². The average Bonchev–Trinajstić information content (AvgIpc) is 2.76. The van der Waals surface area contributed by atoms with Crippen LogP contribution in [0, 0.1) is 5.92 Å². The number of aromatic nitrogens is 2. The standard InChI is InChI=1S/C20H31ClN6O2S/c1-3-6-22-20(29)27-11-9-25(10-12-27)17-13-16(21)23-19(24-17)30-14-18(28)26-7-4-15(2)5-8-26/h13,15H,3-12,14H2,1-2H3,(H,22,29). The fourth-order valence-corrected chi connectivity index (χ4v) is 4.55. The van der Waals surface area contributed by atoms with Crippen LogP contribution in [0.15, 0.2) is 11.2 Å². The van der Waals surface area contributed by atoms with Crippen molar-refractivity contribution in [3.63, 3.8) is 0 Å². The summed E-state index contributed by atoms with van der Waals surface area (Å²) in [5.74, 6) is 1.88. The van der Waals surface area contributed by atoms with Gasteiger partial charge in [0, 0.05) is 51.9 Å². The summed E-state index contributed by atoms with van der Waals surface area (Å²) in [5, 5.41) is 3.79. The van der Waals surface area contributed by atoms with Gasteiger partial charge in [0.15, 0.2) is 5.16 Å². The van der Waals surface area contributed by atoms with Crippen LogP contribution in [0.3, 0.4) is 0 Å². The van der Waals surface area contributed by atoms with Crippen LogP contribution in [-0.2, 0) is 4.79 Å². The SMILES string of the molecule is CCCNC(=O)N1CCN(c2cc(Cl)nc(SCC(=O)N3CCC(C)CC3)n2)CC1. The normalized spacial score (nSPS) is 17.9. The third kappa shape index (κ3) is 6.38. The van der Waals surface area contributed by atoms with Crippen molar-refractivity contribution in [2.45, 2.75) is 38.3 Å². The molecule has 2 saturated heterocycles. The summed E-state index contributed by atoms with van der Waals surface area (Å²) in [6, 6.07) is 1.73. The third-order valence-corrected chi connectivity index (χ3v) is 6.56. The summed E-state index contributed by atoms with van der Waals surface area (Å²) in [6.07, 6.45) is 3.05. The highest BCUT2D eigenvalue weighted by molar-refractivity contribution is 7.99. The number of nitrogens with one attached hydrogen (secondary N) is 1. The molecular weight excluding hydrogens is 424 g/mol. The second-order valence-corrected chi connectivity index (χ2v) is 9.22. The zero-order valence-electron chi connectivity index (χ0n) is 17.8. The third-order valence-electron chi connectivity index (χ3n) is 5.54. The van der Waals surface area contributed by atoms with Gasteiger partial charge in [0.05, 0.1) is 5.75 Å². The minimum atomic E-state index is -0.0147. The summed E-state index contributed by atoms with van der Waals surface area (Å²) < 4.78 is 0. The van der Waals surface area contributed by atoms with E-state index < -0.39 is 0 Å². The molecule has 3 heterocycles. The number of piperazine rings is 1. The van der Waals surface area contributed by atoms with Gasteiger partial charge in [-0.25, -0.2) is 14.8 Å². The Morgan fingerprint density at radius 1 is 1.13 bits per heavy atom. The van der Waals surface area contributed by atoms with Crippen molar-refractivity contribution in [2.75, 3.05) is 56.5 Å². The molecule has 2 fully saturated rings. The quantitative estimate of drug-likeness (QED) is 0.404. The first-order valence-corrected chi connectivity index (χ1v) is 12.1. The summed E-state index contributed by atoms with van der Waals surface area (Å²) in [7, 11) is 0. The number of rotatable bonds is 6. The summed E-state index contributed by atoms with van der Waals surface area (Å²) in [4.78, 5) is 39.4. The van der Waals surface area contributed by atoms with Crippen molar-refractivity contribution in [2.24, 2.45) is 5.92 Å². The lowest BCUT2D eigenvalue weighted by molar-refractivity contribution is -0.129. The Kier molecular flexibility index (Phi) is 8.44. The first kappa shape index (κ1) is 22.9.